The molecule has 0 atom stereocenters. The zero-order valence-corrected chi connectivity index (χ0v) is 28.6. The summed E-state index contributed by atoms with van der Waals surface area (Å²) in [6.07, 6.45) is 3.75. The van der Waals surface area contributed by atoms with Gasteiger partial charge in [0.05, 0.1) is 10.9 Å². The molecular formula is C48H31N2P. The largest absolute Gasteiger partial charge is 0.256 e. The fourth-order valence-electron chi connectivity index (χ4n) is 8.01. The van der Waals surface area contributed by atoms with Crippen LogP contribution in [0.3, 0.4) is 0 Å². The molecule has 7 aromatic carbocycles. The van der Waals surface area contributed by atoms with Crippen LogP contribution in [-0.2, 0) is 0 Å². The van der Waals surface area contributed by atoms with E-state index in [9.17, 15) is 0 Å². The maximum absolute atomic E-state index is 4.77. The maximum Gasteiger partial charge on any atom is 0.0737 e. The highest BCUT2D eigenvalue weighted by Crippen LogP contribution is 2.58. The molecule has 51 heavy (non-hydrogen) atoms. The van der Waals surface area contributed by atoms with Crippen molar-refractivity contribution in [1.29, 1.82) is 0 Å². The molecule has 1 aliphatic rings. The molecule has 1 aliphatic carbocycles. The summed E-state index contributed by atoms with van der Waals surface area (Å²) >= 11 is 0. The van der Waals surface area contributed by atoms with E-state index in [1.54, 1.807) is 0 Å². The first-order valence-electron chi connectivity index (χ1n) is 17.3. The summed E-state index contributed by atoms with van der Waals surface area (Å²) in [7, 11) is -0.883. The molecule has 2 heterocycles. The molecule has 2 nitrogen and oxygen atoms in total. The van der Waals surface area contributed by atoms with Crippen molar-refractivity contribution >= 4 is 45.6 Å². The van der Waals surface area contributed by atoms with Crippen LogP contribution in [0, 0.1) is 0 Å². The zero-order chi connectivity index (χ0) is 33.7. The van der Waals surface area contributed by atoms with E-state index < -0.39 is 7.92 Å². The third kappa shape index (κ3) is 4.83. The van der Waals surface area contributed by atoms with Gasteiger partial charge >= 0.3 is 0 Å². The number of fused-ring (bicyclic) bond motifs is 4. The third-order valence-electron chi connectivity index (χ3n) is 10.1. The summed E-state index contributed by atoms with van der Waals surface area (Å²) in [5, 5.41) is 6.38. The Labute approximate surface area is 298 Å². The lowest BCUT2D eigenvalue weighted by Gasteiger charge is -2.20. The van der Waals surface area contributed by atoms with E-state index in [2.05, 4.69) is 164 Å². The molecule has 0 radical (unpaired) electrons. The van der Waals surface area contributed by atoms with Gasteiger partial charge in [0.25, 0.3) is 0 Å². The molecule has 0 amide bonds. The molecule has 10 rings (SSSR count). The van der Waals surface area contributed by atoms with E-state index in [0.717, 1.165) is 10.9 Å². The molecule has 0 saturated heterocycles. The fourth-order valence-corrected chi connectivity index (χ4v) is 10.1. The van der Waals surface area contributed by atoms with Crippen molar-refractivity contribution in [2.24, 2.45) is 0 Å². The zero-order valence-electron chi connectivity index (χ0n) is 27.7. The topological polar surface area (TPSA) is 25.8 Å². The average molecular weight is 667 g/mol. The van der Waals surface area contributed by atoms with E-state index in [1.807, 2.05) is 24.5 Å². The smallest absolute Gasteiger partial charge is 0.0737 e. The molecule has 0 spiro atoms. The Morgan fingerprint density at radius 1 is 0.314 bits per heavy atom. The molecule has 0 N–H and O–H groups in total. The van der Waals surface area contributed by atoms with E-state index in [0.29, 0.717) is 0 Å². The SMILES string of the molecule is c1ccc(-c2c3c(c(-c4ccccc4)c4ccccc24)-c2ccc(-c4ccc(P(c5ccccn5)c5ccccn5)cc4)c4cccc-3c24)cc1. The minimum atomic E-state index is -0.883. The predicted molar refractivity (Wildman–Crippen MR) is 216 cm³/mol. The second-order valence-electron chi connectivity index (χ2n) is 12.9. The minimum absolute atomic E-state index is 0.883. The highest BCUT2D eigenvalue weighted by molar-refractivity contribution is 7.79. The van der Waals surface area contributed by atoms with Crippen LogP contribution in [0.5, 0.6) is 0 Å². The second-order valence-corrected chi connectivity index (χ2v) is 15.0. The van der Waals surface area contributed by atoms with Crippen LogP contribution in [0.1, 0.15) is 0 Å². The standard InChI is InChI=1S/C48H31N2P/c1-3-14-33(15-4-1)44-38-18-7-8-19-39(38)45(34-16-5-2-6-17-34)48-41-29-28-36(37-20-13-21-40(46(37)41)47(44)48)32-24-26-35(27-25-32)51(42-22-9-11-30-49-42)43-23-10-12-31-50-43/h1-31H. The number of hydrogen-bond donors (Lipinski definition) is 0. The van der Waals surface area contributed by atoms with E-state index >= 15 is 0 Å². The molecule has 3 heteroatoms. The Kier molecular flexibility index (Phi) is 7.15. The lowest BCUT2D eigenvalue weighted by Crippen LogP contribution is -2.24. The highest BCUT2D eigenvalue weighted by atomic mass is 31.1. The maximum atomic E-state index is 4.77. The highest BCUT2D eigenvalue weighted by Gasteiger charge is 2.31. The van der Waals surface area contributed by atoms with Gasteiger partial charge in [0, 0.05) is 20.3 Å². The van der Waals surface area contributed by atoms with Gasteiger partial charge in [-0.25, -0.2) is 0 Å². The Hall–Kier alpha value is -6.21. The summed E-state index contributed by atoms with van der Waals surface area (Å²) in [5.74, 6) is 0. The first kappa shape index (κ1) is 29.7. The van der Waals surface area contributed by atoms with E-state index in [1.165, 1.54) is 82.5 Å². The summed E-state index contributed by atoms with van der Waals surface area (Å²) in [6.45, 7) is 0. The molecule has 0 fully saturated rings. The summed E-state index contributed by atoms with van der Waals surface area (Å²) in [4.78, 5) is 9.53. The van der Waals surface area contributed by atoms with Gasteiger partial charge in [-0.1, -0.05) is 152 Å². The predicted octanol–water partition coefficient (Wildman–Crippen LogP) is 11.2. The van der Waals surface area contributed by atoms with Crippen LogP contribution in [0.2, 0.25) is 0 Å². The Morgan fingerprint density at radius 2 is 0.804 bits per heavy atom. The van der Waals surface area contributed by atoms with Crippen molar-refractivity contribution in [2.75, 3.05) is 0 Å². The molecule has 0 saturated carbocycles. The van der Waals surface area contributed by atoms with Crippen LogP contribution in [0.4, 0.5) is 0 Å². The number of nitrogens with zero attached hydrogens (tertiary/aromatic N) is 2. The Morgan fingerprint density at radius 3 is 1.35 bits per heavy atom. The summed E-state index contributed by atoms with van der Waals surface area (Å²) in [5.41, 5.74) is 14.9. The number of hydrogen-bond acceptors (Lipinski definition) is 2. The van der Waals surface area contributed by atoms with Crippen molar-refractivity contribution < 1.29 is 0 Å². The van der Waals surface area contributed by atoms with Crippen LogP contribution < -0.4 is 16.2 Å². The van der Waals surface area contributed by atoms with Crippen molar-refractivity contribution in [3.63, 3.8) is 0 Å². The molecule has 0 aliphatic heterocycles. The second kappa shape index (κ2) is 12.3. The van der Waals surface area contributed by atoms with Crippen molar-refractivity contribution in [3.05, 3.63) is 188 Å². The van der Waals surface area contributed by atoms with Crippen LogP contribution >= 0.6 is 7.92 Å². The van der Waals surface area contributed by atoms with Crippen LogP contribution in [0.25, 0.3) is 77.2 Å². The lowest BCUT2D eigenvalue weighted by atomic mass is 9.82. The monoisotopic (exact) mass is 666 g/mol. The molecule has 9 aromatic rings. The van der Waals surface area contributed by atoms with Crippen molar-refractivity contribution in [2.45, 2.75) is 0 Å². The molecule has 0 unspecified atom stereocenters. The van der Waals surface area contributed by atoms with Gasteiger partial charge in [-0.2, -0.15) is 0 Å². The Balaban J connectivity index is 1.19. The van der Waals surface area contributed by atoms with Crippen LogP contribution in [0.15, 0.2) is 188 Å². The normalized spacial score (nSPS) is 11.7. The van der Waals surface area contributed by atoms with Gasteiger partial charge in [0.1, 0.15) is 0 Å². The lowest BCUT2D eigenvalue weighted by molar-refractivity contribution is 1.37. The van der Waals surface area contributed by atoms with Crippen molar-refractivity contribution in [3.8, 4) is 55.6 Å². The molecular weight excluding hydrogens is 636 g/mol. The van der Waals surface area contributed by atoms with E-state index in [4.69, 9.17) is 9.97 Å². The number of rotatable bonds is 6. The molecule has 0 bridgehead atoms. The number of pyridine rings is 2. The van der Waals surface area contributed by atoms with Crippen molar-refractivity contribution in [1.82, 2.24) is 9.97 Å². The van der Waals surface area contributed by atoms with Gasteiger partial charge < -0.3 is 0 Å². The number of aromatic nitrogens is 2. The van der Waals surface area contributed by atoms with Gasteiger partial charge in [0.15, 0.2) is 0 Å². The van der Waals surface area contributed by atoms with E-state index in [-0.39, 0.29) is 0 Å². The fraction of sp³-hybridized carbons (Fsp3) is 0. The summed E-state index contributed by atoms with van der Waals surface area (Å²) < 4.78 is 0. The van der Waals surface area contributed by atoms with Gasteiger partial charge in [-0.15, -0.1) is 0 Å². The summed E-state index contributed by atoms with van der Waals surface area (Å²) in [6, 6.07) is 63.8. The van der Waals surface area contributed by atoms with Gasteiger partial charge in [-0.3, -0.25) is 9.97 Å². The quantitative estimate of drug-likeness (QED) is 0.165. The average Bonchev–Trinajstić information content (AvgIpc) is 3.54. The molecule has 2 aromatic heterocycles. The van der Waals surface area contributed by atoms with Gasteiger partial charge in [0.2, 0.25) is 0 Å². The van der Waals surface area contributed by atoms with Gasteiger partial charge in [-0.05, 0) is 107 Å². The first-order chi connectivity index (χ1) is 25.3. The first-order valence-corrected chi connectivity index (χ1v) is 18.7. The minimum Gasteiger partial charge on any atom is -0.256 e. The molecule has 238 valence electrons. The van der Waals surface area contributed by atoms with Crippen LogP contribution in [-0.4, -0.2) is 9.97 Å². The number of benzene rings is 7. The Bertz CT molecular complexity index is 2580. The third-order valence-corrected chi connectivity index (χ3v) is 12.4.